The largest absolute Gasteiger partial charge is 0.504 e. The molecular formula is C32H38N2O4. The summed E-state index contributed by atoms with van der Waals surface area (Å²) in [5.74, 6) is 6.18. The highest BCUT2D eigenvalue weighted by Gasteiger charge is 2.66. The predicted octanol–water partition coefficient (Wildman–Crippen LogP) is 3.87. The second kappa shape index (κ2) is 9.80. The van der Waals surface area contributed by atoms with Crippen LogP contribution in [0.2, 0.25) is 0 Å². The Morgan fingerprint density at radius 1 is 1.26 bits per heavy atom. The molecule has 0 unspecified atom stereocenters. The van der Waals surface area contributed by atoms with Crippen molar-refractivity contribution in [3.05, 3.63) is 70.8 Å². The SMILES string of the molecule is C=CCN1CC[C@]23C[C@H](N(C)C(=O)C#Cc4ccc(C)c(C)c4)CC[C@@]2(O)[C@H]1Cc1ccc(O)c(OC)c13. The van der Waals surface area contributed by atoms with Crippen LogP contribution in [0.4, 0.5) is 0 Å². The molecule has 4 atom stereocenters. The van der Waals surface area contributed by atoms with Gasteiger partial charge in [-0.05, 0) is 87.4 Å². The van der Waals surface area contributed by atoms with Gasteiger partial charge in [0.2, 0.25) is 0 Å². The lowest BCUT2D eigenvalue weighted by molar-refractivity contribution is -0.175. The van der Waals surface area contributed by atoms with E-state index in [9.17, 15) is 15.0 Å². The third-order valence-electron chi connectivity index (χ3n) is 9.46. The Labute approximate surface area is 225 Å². The van der Waals surface area contributed by atoms with E-state index in [-0.39, 0.29) is 23.7 Å². The third-order valence-corrected chi connectivity index (χ3v) is 9.46. The summed E-state index contributed by atoms with van der Waals surface area (Å²) in [6.45, 7) is 9.55. The molecule has 1 amide bonds. The maximum atomic E-state index is 13.2. The number of carbonyl (C=O) groups is 1. The first-order chi connectivity index (χ1) is 18.1. The first-order valence-corrected chi connectivity index (χ1v) is 13.5. The molecule has 1 saturated carbocycles. The quantitative estimate of drug-likeness (QED) is 0.479. The number of hydrogen-bond donors (Lipinski definition) is 2. The van der Waals surface area contributed by atoms with Gasteiger partial charge in [-0.25, -0.2) is 0 Å². The Hall–Kier alpha value is -3.27. The predicted molar refractivity (Wildman–Crippen MR) is 148 cm³/mol. The van der Waals surface area contributed by atoms with Gasteiger partial charge in [0, 0.05) is 48.1 Å². The van der Waals surface area contributed by atoms with Crippen LogP contribution < -0.4 is 4.74 Å². The second-order valence-electron chi connectivity index (χ2n) is 11.3. The molecule has 1 saturated heterocycles. The standard InChI is InChI=1S/C32H38N2O4/c1-6-16-34-17-15-31-20-25(33(4)28(36)12-9-23-8-7-21(2)22(3)18-23)13-14-32(31,37)27(34)19-24-10-11-26(35)30(38-5)29(24)31/h6-8,10-11,18,25,27,35,37H,1,13-17,19-20H2,2-5H3/t25-,27-,31-,32-/m1/s1. The van der Waals surface area contributed by atoms with Crippen molar-refractivity contribution in [3.63, 3.8) is 0 Å². The number of hydrogen-bond acceptors (Lipinski definition) is 5. The summed E-state index contributed by atoms with van der Waals surface area (Å²) in [5.41, 5.74) is 3.51. The van der Waals surface area contributed by atoms with Crippen molar-refractivity contribution < 1.29 is 19.7 Å². The third kappa shape index (κ3) is 4.00. The molecule has 38 heavy (non-hydrogen) atoms. The molecule has 5 rings (SSSR count). The number of aliphatic hydroxyl groups is 1. The molecule has 6 nitrogen and oxygen atoms in total. The summed E-state index contributed by atoms with van der Waals surface area (Å²) in [7, 11) is 3.39. The van der Waals surface area contributed by atoms with Gasteiger partial charge in [0.15, 0.2) is 11.5 Å². The number of nitrogens with zero attached hydrogens (tertiary/aromatic N) is 2. The Morgan fingerprint density at radius 2 is 2.05 bits per heavy atom. The zero-order chi connectivity index (χ0) is 27.2. The normalized spacial score (nSPS) is 27.8. The molecule has 1 heterocycles. The van der Waals surface area contributed by atoms with Gasteiger partial charge in [-0.2, -0.15) is 0 Å². The highest BCUT2D eigenvalue weighted by Crippen LogP contribution is 2.61. The van der Waals surface area contributed by atoms with Gasteiger partial charge in [0.1, 0.15) is 0 Å². The average molecular weight is 515 g/mol. The van der Waals surface area contributed by atoms with Crippen molar-refractivity contribution in [3.8, 4) is 23.3 Å². The number of piperidine rings is 1. The maximum Gasteiger partial charge on any atom is 0.298 e. The molecule has 1 aliphatic heterocycles. The molecule has 2 bridgehead atoms. The van der Waals surface area contributed by atoms with Crippen molar-refractivity contribution in [1.82, 2.24) is 9.80 Å². The fraction of sp³-hybridized carbons (Fsp3) is 0.469. The van der Waals surface area contributed by atoms with Crippen LogP contribution in [-0.2, 0) is 16.6 Å². The van der Waals surface area contributed by atoms with E-state index in [1.54, 1.807) is 18.1 Å². The van der Waals surface area contributed by atoms with Crippen LogP contribution in [0.25, 0.3) is 0 Å². The number of aromatic hydroxyl groups is 1. The van der Waals surface area contributed by atoms with Gasteiger partial charge in [0.05, 0.1) is 12.7 Å². The van der Waals surface area contributed by atoms with Crippen LogP contribution in [0, 0.1) is 25.7 Å². The van der Waals surface area contributed by atoms with E-state index in [4.69, 9.17) is 4.74 Å². The van der Waals surface area contributed by atoms with E-state index in [1.807, 2.05) is 44.3 Å². The van der Waals surface area contributed by atoms with Crippen molar-refractivity contribution in [2.45, 2.75) is 69.1 Å². The van der Waals surface area contributed by atoms with Crippen LogP contribution >= 0.6 is 0 Å². The average Bonchev–Trinajstić information content (AvgIpc) is 2.90. The zero-order valence-electron chi connectivity index (χ0n) is 22.9. The number of benzene rings is 2. The smallest absolute Gasteiger partial charge is 0.298 e. The fourth-order valence-corrected chi connectivity index (χ4v) is 7.28. The molecule has 2 N–H and O–H groups in total. The number of rotatable bonds is 4. The Kier molecular flexibility index (Phi) is 6.79. The van der Waals surface area contributed by atoms with Crippen LogP contribution in [0.1, 0.15) is 53.5 Å². The molecule has 2 aliphatic carbocycles. The zero-order valence-corrected chi connectivity index (χ0v) is 22.9. The summed E-state index contributed by atoms with van der Waals surface area (Å²) in [6.07, 6.45) is 5.10. The number of aryl methyl sites for hydroxylation is 2. The topological polar surface area (TPSA) is 73.2 Å². The van der Waals surface area contributed by atoms with E-state index in [2.05, 4.69) is 30.2 Å². The molecule has 6 heteroatoms. The minimum absolute atomic E-state index is 0.0671. The van der Waals surface area contributed by atoms with E-state index in [0.29, 0.717) is 44.4 Å². The Balaban J connectivity index is 1.51. The molecule has 2 fully saturated rings. The van der Waals surface area contributed by atoms with Crippen molar-refractivity contribution in [1.29, 1.82) is 0 Å². The lowest BCUT2D eigenvalue weighted by atomic mass is 9.48. The number of likely N-dealkylation sites (tertiary alicyclic amines) is 1. The van der Waals surface area contributed by atoms with Crippen LogP contribution in [0.5, 0.6) is 11.5 Å². The highest BCUT2D eigenvalue weighted by atomic mass is 16.5. The van der Waals surface area contributed by atoms with Crippen LogP contribution in [0.3, 0.4) is 0 Å². The number of ether oxygens (including phenoxy) is 1. The van der Waals surface area contributed by atoms with Crippen molar-refractivity contribution in [2.24, 2.45) is 0 Å². The summed E-state index contributed by atoms with van der Waals surface area (Å²) >= 11 is 0. The molecule has 200 valence electrons. The first kappa shape index (κ1) is 26.3. The molecule has 2 aromatic rings. The van der Waals surface area contributed by atoms with E-state index >= 15 is 0 Å². The first-order valence-electron chi connectivity index (χ1n) is 13.5. The molecule has 0 spiro atoms. The lowest BCUT2D eigenvalue weighted by Gasteiger charge is -2.65. The molecule has 3 aliphatic rings. The van der Waals surface area contributed by atoms with Gasteiger partial charge in [-0.3, -0.25) is 9.69 Å². The monoisotopic (exact) mass is 514 g/mol. The molecular weight excluding hydrogens is 476 g/mol. The number of phenolic OH excluding ortho intramolecular Hbond substituents is 1. The van der Waals surface area contributed by atoms with E-state index in [0.717, 1.165) is 28.8 Å². The molecule has 0 radical (unpaired) electrons. The summed E-state index contributed by atoms with van der Waals surface area (Å²) < 4.78 is 5.75. The van der Waals surface area contributed by atoms with Gasteiger partial charge >= 0.3 is 0 Å². The van der Waals surface area contributed by atoms with Gasteiger partial charge in [-0.1, -0.05) is 24.1 Å². The van der Waals surface area contributed by atoms with E-state index in [1.165, 1.54) is 5.56 Å². The highest BCUT2D eigenvalue weighted by molar-refractivity contribution is 5.94. The van der Waals surface area contributed by atoms with Gasteiger partial charge in [-0.15, -0.1) is 6.58 Å². The second-order valence-corrected chi connectivity index (χ2v) is 11.3. The number of phenols is 1. The van der Waals surface area contributed by atoms with Crippen LogP contribution in [-0.4, -0.2) is 70.9 Å². The van der Waals surface area contributed by atoms with Crippen LogP contribution in [0.15, 0.2) is 43.0 Å². The van der Waals surface area contributed by atoms with Crippen molar-refractivity contribution >= 4 is 5.91 Å². The lowest BCUT2D eigenvalue weighted by Crippen LogP contribution is -2.74. The van der Waals surface area contributed by atoms with Gasteiger partial charge in [0.25, 0.3) is 5.91 Å². The minimum atomic E-state index is -1.01. The van der Waals surface area contributed by atoms with E-state index < -0.39 is 11.0 Å². The minimum Gasteiger partial charge on any atom is -0.504 e. The number of carbonyl (C=O) groups excluding carboxylic acids is 1. The van der Waals surface area contributed by atoms with Crippen molar-refractivity contribution in [2.75, 3.05) is 27.2 Å². The number of fused-ring (bicyclic) bond motifs is 1. The Bertz CT molecular complexity index is 1340. The Morgan fingerprint density at radius 3 is 2.76 bits per heavy atom. The fourth-order valence-electron chi connectivity index (χ4n) is 7.28. The van der Waals surface area contributed by atoms with Gasteiger partial charge < -0.3 is 19.8 Å². The molecule has 0 aromatic heterocycles. The molecule has 2 aromatic carbocycles. The number of amides is 1. The summed E-state index contributed by atoms with van der Waals surface area (Å²) in [5, 5.41) is 23.2. The maximum absolute atomic E-state index is 13.2. The number of methoxy groups -OCH3 is 1. The summed E-state index contributed by atoms with van der Waals surface area (Å²) in [6, 6.07) is 9.45. The summed E-state index contributed by atoms with van der Waals surface area (Å²) in [4.78, 5) is 17.3.